The third-order valence-electron chi connectivity index (χ3n) is 5.53. The van der Waals surface area contributed by atoms with Crippen molar-refractivity contribution in [2.24, 2.45) is 0 Å². The molecule has 1 saturated carbocycles. The van der Waals surface area contributed by atoms with Crippen molar-refractivity contribution < 1.29 is 14.3 Å². The number of carbonyl (C=O) groups is 2. The van der Waals surface area contributed by atoms with Crippen molar-refractivity contribution >= 4 is 11.9 Å². The molecule has 148 valence electrons. The Morgan fingerprint density at radius 2 is 1.74 bits per heavy atom. The fourth-order valence-corrected chi connectivity index (χ4v) is 4.01. The number of carbonyl (C=O) groups excluding carboxylic acids is 2. The number of rotatable bonds is 7. The van der Waals surface area contributed by atoms with E-state index in [2.05, 4.69) is 5.32 Å². The lowest BCUT2D eigenvalue weighted by Crippen LogP contribution is -2.48. The van der Waals surface area contributed by atoms with Gasteiger partial charge in [-0.05, 0) is 38.4 Å². The molecule has 0 unspecified atom stereocenters. The molecule has 1 heterocycles. The van der Waals surface area contributed by atoms with Crippen LogP contribution in [0.15, 0.2) is 30.3 Å². The SMILES string of the molecule is CN(CCCOc1ccccc1)CN1C(=O)NC2(CCCCCCC2)C1=O. The minimum absolute atomic E-state index is 0.0400. The number of nitrogens with one attached hydrogen (secondary N) is 1. The Labute approximate surface area is 161 Å². The minimum Gasteiger partial charge on any atom is -0.494 e. The van der Waals surface area contributed by atoms with Crippen LogP contribution in [-0.2, 0) is 4.79 Å². The number of benzene rings is 1. The molecule has 1 spiro atoms. The molecule has 6 heteroatoms. The second-order valence-electron chi connectivity index (χ2n) is 7.75. The molecular weight excluding hydrogens is 342 g/mol. The van der Waals surface area contributed by atoms with Gasteiger partial charge in [0.05, 0.1) is 13.3 Å². The van der Waals surface area contributed by atoms with E-state index >= 15 is 0 Å². The first-order valence-electron chi connectivity index (χ1n) is 10.1. The van der Waals surface area contributed by atoms with Crippen LogP contribution in [0.25, 0.3) is 0 Å². The monoisotopic (exact) mass is 373 g/mol. The highest BCUT2D eigenvalue weighted by Crippen LogP contribution is 2.32. The van der Waals surface area contributed by atoms with Crippen LogP contribution in [0.2, 0.25) is 0 Å². The van der Waals surface area contributed by atoms with Gasteiger partial charge in [-0.3, -0.25) is 9.69 Å². The van der Waals surface area contributed by atoms with Crippen molar-refractivity contribution in [2.75, 3.05) is 26.9 Å². The first-order valence-corrected chi connectivity index (χ1v) is 10.1. The van der Waals surface area contributed by atoms with Gasteiger partial charge < -0.3 is 10.1 Å². The smallest absolute Gasteiger partial charge is 0.326 e. The maximum absolute atomic E-state index is 13.0. The van der Waals surface area contributed by atoms with Gasteiger partial charge in [0.2, 0.25) is 0 Å². The van der Waals surface area contributed by atoms with Crippen molar-refractivity contribution in [2.45, 2.75) is 56.9 Å². The van der Waals surface area contributed by atoms with Gasteiger partial charge in [-0.1, -0.05) is 50.3 Å². The van der Waals surface area contributed by atoms with Gasteiger partial charge in [0, 0.05) is 6.54 Å². The highest BCUT2D eigenvalue weighted by Gasteiger charge is 2.50. The number of ether oxygens (including phenoxy) is 1. The largest absolute Gasteiger partial charge is 0.494 e. The fourth-order valence-electron chi connectivity index (χ4n) is 4.01. The molecule has 1 saturated heterocycles. The molecule has 1 aromatic carbocycles. The highest BCUT2D eigenvalue weighted by atomic mass is 16.5. The minimum atomic E-state index is -0.658. The standard InChI is InChI=1S/C21H31N3O3/c1-23(15-10-16-27-18-11-6-5-7-12-18)17-24-19(25)21(22-20(24)26)13-8-3-2-4-9-14-21/h5-7,11-12H,2-4,8-10,13-17H2,1H3,(H,22,26). The van der Waals surface area contributed by atoms with E-state index in [1.807, 2.05) is 42.3 Å². The maximum atomic E-state index is 13.0. The zero-order valence-electron chi connectivity index (χ0n) is 16.3. The normalized spacial score (nSPS) is 19.9. The van der Waals surface area contributed by atoms with E-state index in [9.17, 15) is 9.59 Å². The van der Waals surface area contributed by atoms with E-state index in [1.165, 1.54) is 11.3 Å². The summed E-state index contributed by atoms with van der Waals surface area (Å²) in [6.45, 7) is 1.70. The predicted molar refractivity (Wildman–Crippen MR) is 104 cm³/mol. The fraction of sp³-hybridized carbons (Fsp3) is 0.619. The Morgan fingerprint density at radius 1 is 1.07 bits per heavy atom. The van der Waals surface area contributed by atoms with Crippen LogP contribution in [0.4, 0.5) is 4.79 Å². The molecule has 3 rings (SSSR count). The van der Waals surface area contributed by atoms with Gasteiger partial charge in [-0.25, -0.2) is 9.69 Å². The summed E-state index contributed by atoms with van der Waals surface area (Å²) < 4.78 is 5.70. The average Bonchev–Trinajstić information content (AvgIpc) is 2.88. The number of amides is 3. The van der Waals surface area contributed by atoms with E-state index in [1.54, 1.807) is 0 Å². The molecule has 6 nitrogen and oxygen atoms in total. The van der Waals surface area contributed by atoms with Crippen molar-refractivity contribution in [3.8, 4) is 5.75 Å². The number of imide groups is 1. The predicted octanol–water partition coefficient (Wildman–Crippen LogP) is 3.38. The second-order valence-corrected chi connectivity index (χ2v) is 7.75. The molecule has 3 amide bonds. The topological polar surface area (TPSA) is 61.9 Å². The molecular formula is C21H31N3O3. The summed E-state index contributed by atoms with van der Waals surface area (Å²) in [5.74, 6) is 0.822. The van der Waals surface area contributed by atoms with Crippen LogP contribution in [0.5, 0.6) is 5.75 Å². The molecule has 1 N–H and O–H groups in total. The van der Waals surface area contributed by atoms with Gasteiger partial charge in [0.15, 0.2) is 0 Å². The van der Waals surface area contributed by atoms with Crippen molar-refractivity contribution in [3.05, 3.63) is 30.3 Å². The average molecular weight is 373 g/mol. The van der Waals surface area contributed by atoms with Crippen LogP contribution >= 0.6 is 0 Å². The Hall–Kier alpha value is -2.08. The van der Waals surface area contributed by atoms with Crippen LogP contribution < -0.4 is 10.1 Å². The van der Waals surface area contributed by atoms with E-state index in [4.69, 9.17) is 4.74 Å². The number of hydrogen-bond acceptors (Lipinski definition) is 4. The first kappa shape index (κ1) is 19.7. The molecule has 1 aromatic rings. The van der Waals surface area contributed by atoms with E-state index < -0.39 is 5.54 Å². The molecule has 27 heavy (non-hydrogen) atoms. The molecule has 2 aliphatic rings. The summed E-state index contributed by atoms with van der Waals surface area (Å²) in [6.07, 6.45) is 7.90. The number of urea groups is 1. The first-order chi connectivity index (χ1) is 13.1. The molecule has 1 aliphatic carbocycles. The van der Waals surface area contributed by atoms with Gasteiger partial charge in [0.1, 0.15) is 11.3 Å². The van der Waals surface area contributed by atoms with E-state index in [0.717, 1.165) is 57.2 Å². The zero-order valence-corrected chi connectivity index (χ0v) is 16.3. The van der Waals surface area contributed by atoms with Crippen molar-refractivity contribution in [3.63, 3.8) is 0 Å². The third kappa shape index (κ3) is 5.01. The number of hydrogen-bond donors (Lipinski definition) is 1. The molecule has 0 atom stereocenters. The summed E-state index contributed by atoms with van der Waals surface area (Å²) in [5, 5.41) is 3.02. The van der Waals surface area contributed by atoms with E-state index in [0.29, 0.717) is 13.3 Å². The third-order valence-corrected chi connectivity index (χ3v) is 5.53. The van der Waals surface area contributed by atoms with Gasteiger partial charge in [0.25, 0.3) is 5.91 Å². The summed E-state index contributed by atoms with van der Waals surface area (Å²) in [4.78, 5) is 28.8. The van der Waals surface area contributed by atoms with Crippen LogP contribution in [0.1, 0.15) is 51.4 Å². The summed E-state index contributed by atoms with van der Waals surface area (Å²) in [5.41, 5.74) is -0.658. The van der Waals surface area contributed by atoms with Gasteiger partial charge in [-0.15, -0.1) is 0 Å². The van der Waals surface area contributed by atoms with Crippen LogP contribution in [0.3, 0.4) is 0 Å². The molecule has 1 aliphatic heterocycles. The number of nitrogens with zero attached hydrogens (tertiary/aromatic N) is 2. The summed E-state index contributed by atoms with van der Waals surface area (Å²) in [7, 11) is 1.94. The molecule has 0 aromatic heterocycles. The van der Waals surface area contributed by atoms with Crippen molar-refractivity contribution in [1.29, 1.82) is 0 Å². The second kappa shape index (κ2) is 9.22. The lowest BCUT2D eigenvalue weighted by atomic mass is 9.84. The van der Waals surface area contributed by atoms with Crippen LogP contribution in [0, 0.1) is 0 Å². The Morgan fingerprint density at radius 3 is 2.44 bits per heavy atom. The summed E-state index contributed by atoms with van der Waals surface area (Å²) >= 11 is 0. The molecule has 0 radical (unpaired) electrons. The molecule has 2 fully saturated rings. The quantitative estimate of drug-likeness (QED) is 0.588. The number of para-hydroxylation sites is 1. The van der Waals surface area contributed by atoms with Gasteiger partial charge >= 0.3 is 6.03 Å². The maximum Gasteiger partial charge on any atom is 0.326 e. The van der Waals surface area contributed by atoms with Crippen LogP contribution in [-0.4, -0.2) is 54.1 Å². The Kier molecular flexibility index (Phi) is 6.72. The van der Waals surface area contributed by atoms with E-state index in [-0.39, 0.29) is 11.9 Å². The van der Waals surface area contributed by atoms with Gasteiger partial charge in [-0.2, -0.15) is 0 Å². The highest BCUT2D eigenvalue weighted by molar-refractivity contribution is 6.07. The summed E-state index contributed by atoms with van der Waals surface area (Å²) in [6, 6.07) is 9.49. The molecule has 0 bridgehead atoms. The van der Waals surface area contributed by atoms with Crippen molar-refractivity contribution in [1.82, 2.24) is 15.1 Å². The lowest BCUT2D eigenvalue weighted by molar-refractivity contribution is -0.133. The zero-order chi connectivity index (χ0) is 19.1. The Bertz CT molecular complexity index is 627. The lowest BCUT2D eigenvalue weighted by Gasteiger charge is -2.29. The Balaban J connectivity index is 1.46.